The highest BCUT2D eigenvalue weighted by atomic mass is 19.1. The van der Waals surface area contributed by atoms with Crippen molar-refractivity contribution in [2.24, 2.45) is 5.41 Å². The van der Waals surface area contributed by atoms with E-state index < -0.39 is 0 Å². The molecule has 0 amide bonds. The van der Waals surface area contributed by atoms with Crippen LogP contribution in [-0.4, -0.2) is 25.2 Å². The fourth-order valence-electron chi connectivity index (χ4n) is 2.93. The first kappa shape index (κ1) is 15.3. The lowest BCUT2D eigenvalue weighted by molar-refractivity contribution is 0.233. The van der Waals surface area contributed by atoms with Crippen molar-refractivity contribution < 1.29 is 4.39 Å². The molecule has 0 aromatic heterocycles. The molecule has 1 saturated heterocycles. The van der Waals surface area contributed by atoms with E-state index in [0.29, 0.717) is 12.1 Å². The van der Waals surface area contributed by atoms with Crippen LogP contribution < -0.4 is 10.2 Å². The molecule has 1 heterocycles. The molecule has 2 rings (SSSR count). The van der Waals surface area contributed by atoms with Crippen LogP contribution in [0, 0.1) is 18.2 Å². The van der Waals surface area contributed by atoms with E-state index in [9.17, 15) is 4.39 Å². The quantitative estimate of drug-likeness (QED) is 0.886. The molecule has 2 unspecified atom stereocenters. The van der Waals surface area contributed by atoms with Crippen molar-refractivity contribution in [2.45, 2.75) is 53.1 Å². The Kier molecular flexibility index (Phi) is 4.38. The third-order valence-corrected chi connectivity index (χ3v) is 4.42. The van der Waals surface area contributed by atoms with E-state index in [2.05, 4.69) is 44.8 Å². The second-order valence-electron chi connectivity index (χ2n) is 6.97. The summed E-state index contributed by atoms with van der Waals surface area (Å²) in [7, 11) is 0. The van der Waals surface area contributed by atoms with Crippen molar-refractivity contribution in [3.8, 4) is 0 Å². The van der Waals surface area contributed by atoms with E-state index in [0.717, 1.165) is 30.8 Å². The molecule has 2 nitrogen and oxygen atoms in total. The maximum absolute atomic E-state index is 13.6. The molecule has 1 N–H and O–H groups in total. The highest BCUT2D eigenvalue weighted by molar-refractivity contribution is 5.55. The van der Waals surface area contributed by atoms with Gasteiger partial charge in [0.2, 0.25) is 0 Å². The van der Waals surface area contributed by atoms with Gasteiger partial charge in [-0.25, -0.2) is 4.39 Å². The van der Waals surface area contributed by atoms with Crippen LogP contribution in [-0.2, 0) is 0 Å². The smallest absolute Gasteiger partial charge is 0.125 e. The van der Waals surface area contributed by atoms with Crippen LogP contribution in [0.1, 0.15) is 39.7 Å². The van der Waals surface area contributed by atoms with Gasteiger partial charge in [-0.15, -0.1) is 0 Å². The zero-order valence-corrected chi connectivity index (χ0v) is 13.3. The Balaban J connectivity index is 2.32. The zero-order chi connectivity index (χ0) is 14.9. The van der Waals surface area contributed by atoms with Gasteiger partial charge in [0.05, 0.1) is 0 Å². The van der Waals surface area contributed by atoms with E-state index in [-0.39, 0.29) is 11.2 Å². The Morgan fingerprint density at radius 2 is 2.05 bits per heavy atom. The number of hydrogen-bond donors (Lipinski definition) is 1. The highest BCUT2D eigenvalue weighted by Gasteiger charge is 2.34. The van der Waals surface area contributed by atoms with Gasteiger partial charge in [0.25, 0.3) is 0 Å². The molecule has 2 atom stereocenters. The number of anilines is 1. The monoisotopic (exact) mass is 278 g/mol. The Morgan fingerprint density at radius 1 is 1.35 bits per heavy atom. The lowest BCUT2D eigenvalue weighted by Crippen LogP contribution is -2.60. The van der Waals surface area contributed by atoms with Crippen molar-refractivity contribution in [1.82, 2.24) is 5.32 Å². The third-order valence-electron chi connectivity index (χ3n) is 4.42. The van der Waals surface area contributed by atoms with Crippen LogP contribution in [0.15, 0.2) is 18.2 Å². The first-order valence-electron chi connectivity index (χ1n) is 7.59. The Hall–Kier alpha value is -1.09. The Bertz CT molecular complexity index is 465. The largest absolute Gasteiger partial charge is 0.365 e. The molecular formula is C17H27FN2. The van der Waals surface area contributed by atoms with Crippen molar-refractivity contribution in [2.75, 3.05) is 18.0 Å². The summed E-state index contributed by atoms with van der Waals surface area (Å²) in [6, 6.07) is 5.97. The number of rotatable bonds is 2. The van der Waals surface area contributed by atoms with Gasteiger partial charge in [0.15, 0.2) is 0 Å². The lowest BCUT2D eigenvalue weighted by atomic mass is 9.84. The number of nitrogens with one attached hydrogen (secondary N) is 1. The van der Waals surface area contributed by atoms with Crippen LogP contribution in [0.4, 0.5) is 10.1 Å². The van der Waals surface area contributed by atoms with Crippen LogP contribution in [0.2, 0.25) is 0 Å². The average molecular weight is 278 g/mol. The normalized spacial score (nSPS) is 24.0. The predicted molar refractivity (Wildman–Crippen MR) is 83.8 cm³/mol. The molecule has 1 aliphatic rings. The predicted octanol–water partition coefficient (Wildman–Crippen LogP) is 3.74. The standard InChI is InChI=1S/C17H27FN2/c1-6-14-10-19-16(17(3,4)5)11-20(14)15-9-13(18)8-7-12(15)2/h7-9,14,16,19H,6,10-11H2,1-5H3. The fourth-order valence-corrected chi connectivity index (χ4v) is 2.93. The summed E-state index contributed by atoms with van der Waals surface area (Å²) in [6.07, 6.45) is 1.07. The summed E-state index contributed by atoms with van der Waals surface area (Å²) in [5, 5.41) is 3.66. The topological polar surface area (TPSA) is 15.3 Å². The molecule has 112 valence electrons. The number of aryl methyl sites for hydroxylation is 1. The molecule has 1 aromatic rings. The molecule has 1 aromatic carbocycles. The van der Waals surface area contributed by atoms with Crippen molar-refractivity contribution in [1.29, 1.82) is 0 Å². The van der Waals surface area contributed by atoms with E-state index in [1.165, 1.54) is 0 Å². The molecular weight excluding hydrogens is 251 g/mol. The van der Waals surface area contributed by atoms with Crippen molar-refractivity contribution in [3.63, 3.8) is 0 Å². The van der Waals surface area contributed by atoms with Crippen LogP contribution in [0.5, 0.6) is 0 Å². The maximum Gasteiger partial charge on any atom is 0.125 e. The molecule has 0 bridgehead atoms. The van der Waals surface area contributed by atoms with Gasteiger partial charge < -0.3 is 10.2 Å². The summed E-state index contributed by atoms with van der Waals surface area (Å²) >= 11 is 0. The first-order valence-corrected chi connectivity index (χ1v) is 7.59. The van der Waals surface area contributed by atoms with Gasteiger partial charge in [-0.1, -0.05) is 33.8 Å². The summed E-state index contributed by atoms with van der Waals surface area (Å²) in [6.45, 7) is 12.9. The molecule has 20 heavy (non-hydrogen) atoms. The lowest BCUT2D eigenvalue weighted by Gasteiger charge is -2.46. The minimum Gasteiger partial charge on any atom is -0.365 e. The van der Waals surface area contributed by atoms with E-state index in [4.69, 9.17) is 0 Å². The van der Waals surface area contributed by atoms with Crippen LogP contribution in [0.25, 0.3) is 0 Å². The zero-order valence-electron chi connectivity index (χ0n) is 13.3. The number of benzene rings is 1. The first-order chi connectivity index (χ1) is 9.32. The molecule has 3 heteroatoms. The molecule has 0 aliphatic carbocycles. The Labute approximate surface area is 122 Å². The number of hydrogen-bond acceptors (Lipinski definition) is 2. The fraction of sp³-hybridized carbons (Fsp3) is 0.647. The van der Waals surface area contributed by atoms with Gasteiger partial charge in [-0.2, -0.15) is 0 Å². The minimum atomic E-state index is -0.147. The highest BCUT2D eigenvalue weighted by Crippen LogP contribution is 2.30. The van der Waals surface area contributed by atoms with E-state index in [1.54, 1.807) is 12.1 Å². The third kappa shape index (κ3) is 3.14. The van der Waals surface area contributed by atoms with E-state index in [1.807, 2.05) is 6.07 Å². The molecule has 1 aliphatic heterocycles. The summed E-state index contributed by atoms with van der Waals surface area (Å²) < 4.78 is 13.6. The number of piperazine rings is 1. The van der Waals surface area contributed by atoms with Crippen LogP contribution >= 0.6 is 0 Å². The van der Waals surface area contributed by atoms with Gasteiger partial charge in [-0.05, 0) is 36.5 Å². The van der Waals surface area contributed by atoms with Crippen molar-refractivity contribution >= 4 is 5.69 Å². The molecule has 0 spiro atoms. The maximum atomic E-state index is 13.6. The summed E-state index contributed by atoms with van der Waals surface area (Å²) in [4.78, 5) is 2.39. The molecule has 0 saturated carbocycles. The minimum absolute atomic E-state index is 0.147. The van der Waals surface area contributed by atoms with Gasteiger partial charge in [0, 0.05) is 30.9 Å². The van der Waals surface area contributed by atoms with Gasteiger partial charge >= 0.3 is 0 Å². The summed E-state index contributed by atoms with van der Waals surface area (Å²) in [5.41, 5.74) is 2.41. The van der Waals surface area contributed by atoms with Gasteiger partial charge in [-0.3, -0.25) is 0 Å². The Morgan fingerprint density at radius 3 is 2.65 bits per heavy atom. The second kappa shape index (κ2) is 5.72. The SMILES string of the molecule is CCC1CNC(C(C)(C)C)CN1c1cc(F)ccc1C. The molecule has 1 fully saturated rings. The number of halogens is 1. The molecule has 0 radical (unpaired) electrons. The van der Waals surface area contributed by atoms with Gasteiger partial charge in [0.1, 0.15) is 5.82 Å². The van der Waals surface area contributed by atoms with Crippen molar-refractivity contribution in [3.05, 3.63) is 29.6 Å². The second-order valence-corrected chi connectivity index (χ2v) is 6.97. The van der Waals surface area contributed by atoms with E-state index >= 15 is 0 Å². The summed E-state index contributed by atoms with van der Waals surface area (Å²) in [5.74, 6) is -0.147. The average Bonchev–Trinajstić information content (AvgIpc) is 2.40. The van der Waals surface area contributed by atoms with Crippen LogP contribution in [0.3, 0.4) is 0 Å². The number of nitrogens with zero attached hydrogens (tertiary/aromatic N) is 1.